The van der Waals surface area contributed by atoms with E-state index in [0.29, 0.717) is 16.8 Å². The Morgan fingerprint density at radius 2 is 2.21 bits per heavy atom. The van der Waals surface area contributed by atoms with Crippen molar-refractivity contribution in [1.82, 2.24) is 0 Å². The summed E-state index contributed by atoms with van der Waals surface area (Å²) in [5.74, 6) is 0. The van der Waals surface area contributed by atoms with Crippen LogP contribution in [0, 0.1) is 6.92 Å². The summed E-state index contributed by atoms with van der Waals surface area (Å²) in [6.07, 6.45) is 1.27. The van der Waals surface area contributed by atoms with Crippen LogP contribution in [0.5, 0.6) is 0 Å². The molecular weight excluding hydrogens is 196 g/mol. The SMILES string of the molecule is Cc1cc(N)c(Cl)cc1N1CCC1C. The molecule has 0 radical (unpaired) electrons. The molecule has 76 valence electrons. The Morgan fingerprint density at radius 1 is 1.50 bits per heavy atom. The quantitative estimate of drug-likeness (QED) is 0.723. The Kier molecular flexibility index (Phi) is 2.31. The second-order valence-electron chi connectivity index (χ2n) is 3.99. The van der Waals surface area contributed by atoms with Crippen LogP contribution in [-0.4, -0.2) is 12.6 Å². The minimum absolute atomic E-state index is 0.633. The molecule has 1 unspecified atom stereocenters. The fourth-order valence-electron chi connectivity index (χ4n) is 1.88. The molecule has 2 rings (SSSR count). The van der Waals surface area contributed by atoms with Crippen LogP contribution in [0.2, 0.25) is 5.02 Å². The number of aryl methyl sites for hydroxylation is 1. The lowest BCUT2D eigenvalue weighted by atomic mass is 10.0. The molecule has 1 saturated heterocycles. The molecule has 2 nitrogen and oxygen atoms in total. The minimum Gasteiger partial charge on any atom is -0.398 e. The van der Waals surface area contributed by atoms with Gasteiger partial charge in [-0.25, -0.2) is 0 Å². The lowest BCUT2D eigenvalue weighted by Gasteiger charge is -2.41. The first-order valence-corrected chi connectivity index (χ1v) is 5.29. The maximum absolute atomic E-state index is 6.01. The molecular formula is C11H15ClN2. The zero-order chi connectivity index (χ0) is 10.3. The van der Waals surface area contributed by atoms with Crippen LogP contribution in [0.15, 0.2) is 12.1 Å². The highest BCUT2D eigenvalue weighted by molar-refractivity contribution is 6.33. The van der Waals surface area contributed by atoms with Gasteiger partial charge in [0.25, 0.3) is 0 Å². The van der Waals surface area contributed by atoms with Gasteiger partial charge in [0, 0.05) is 18.3 Å². The topological polar surface area (TPSA) is 29.3 Å². The van der Waals surface area contributed by atoms with E-state index >= 15 is 0 Å². The highest BCUT2D eigenvalue weighted by Crippen LogP contribution is 2.34. The first-order valence-electron chi connectivity index (χ1n) is 4.92. The number of nitrogens with two attached hydrogens (primary N) is 1. The van der Waals surface area contributed by atoms with E-state index in [1.54, 1.807) is 0 Å². The van der Waals surface area contributed by atoms with Gasteiger partial charge in [0.15, 0.2) is 0 Å². The van der Waals surface area contributed by atoms with Gasteiger partial charge in [0.1, 0.15) is 0 Å². The van der Waals surface area contributed by atoms with Crippen molar-refractivity contribution in [3.63, 3.8) is 0 Å². The number of nitrogens with zero attached hydrogens (tertiary/aromatic N) is 1. The van der Waals surface area contributed by atoms with Crippen molar-refractivity contribution in [3.05, 3.63) is 22.7 Å². The van der Waals surface area contributed by atoms with Crippen molar-refractivity contribution in [2.75, 3.05) is 17.2 Å². The van der Waals surface area contributed by atoms with E-state index in [-0.39, 0.29) is 0 Å². The fourth-order valence-corrected chi connectivity index (χ4v) is 2.03. The highest BCUT2D eigenvalue weighted by Gasteiger charge is 2.25. The second kappa shape index (κ2) is 3.35. The Morgan fingerprint density at radius 3 is 2.71 bits per heavy atom. The van der Waals surface area contributed by atoms with E-state index in [0.717, 1.165) is 6.54 Å². The standard InChI is InChI=1S/C11H15ClN2/c1-7-5-10(13)9(12)6-11(7)14-4-3-8(14)2/h5-6,8H,3-4,13H2,1-2H3. The fraction of sp³-hybridized carbons (Fsp3) is 0.455. The number of benzene rings is 1. The third kappa shape index (κ3) is 1.44. The molecule has 1 aromatic rings. The van der Waals surface area contributed by atoms with E-state index in [1.807, 2.05) is 12.1 Å². The normalized spacial score (nSPS) is 20.8. The Bertz CT molecular complexity index is 363. The molecule has 1 heterocycles. The summed E-state index contributed by atoms with van der Waals surface area (Å²) < 4.78 is 0. The van der Waals surface area contributed by atoms with Gasteiger partial charge in [-0.1, -0.05) is 11.6 Å². The van der Waals surface area contributed by atoms with Gasteiger partial charge >= 0.3 is 0 Å². The summed E-state index contributed by atoms with van der Waals surface area (Å²) in [6.45, 7) is 5.43. The molecule has 0 aromatic heterocycles. The van der Waals surface area contributed by atoms with Crippen molar-refractivity contribution in [2.45, 2.75) is 26.3 Å². The van der Waals surface area contributed by atoms with Crippen LogP contribution < -0.4 is 10.6 Å². The van der Waals surface area contributed by atoms with Crippen LogP contribution in [0.1, 0.15) is 18.9 Å². The molecule has 0 bridgehead atoms. The van der Waals surface area contributed by atoms with Crippen LogP contribution in [0.4, 0.5) is 11.4 Å². The first kappa shape index (κ1) is 9.66. The number of anilines is 2. The van der Waals surface area contributed by atoms with E-state index in [1.165, 1.54) is 17.7 Å². The van der Waals surface area contributed by atoms with Gasteiger partial charge in [0.2, 0.25) is 0 Å². The van der Waals surface area contributed by atoms with E-state index in [2.05, 4.69) is 18.7 Å². The van der Waals surface area contributed by atoms with Crippen molar-refractivity contribution < 1.29 is 0 Å². The molecule has 0 spiro atoms. The summed E-state index contributed by atoms with van der Waals surface area (Å²) in [7, 11) is 0. The highest BCUT2D eigenvalue weighted by atomic mass is 35.5. The Balaban J connectivity index is 2.38. The average molecular weight is 211 g/mol. The van der Waals surface area contributed by atoms with Gasteiger partial charge < -0.3 is 10.6 Å². The summed E-state index contributed by atoms with van der Waals surface area (Å²) in [4.78, 5) is 2.36. The molecule has 2 N–H and O–H groups in total. The maximum Gasteiger partial charge on any atom is 0.0656 e. The lowest BCUT2D eigenvalue weighted by Crippen LogP contribution is -2.46. The van der Waals surface area contributed by atoms with Gasteiger partial charge in [-0.3, -0.25) is 0 Å². The predicted octanol–water partition coefficient (Wildman–Crippen LogP) is 2.83. The van der Waals surface area contributed by atoms with E-state index < -0.39 is 0 Å². The molecule has 1 aliphatic heterocycles. The molecule has 0 amide bonds. The number of halogens is 1. The van der Waals surface area contributed by atoms with E-state index in [9.17, 15) is 0 Å². The molecule has 0 aliphatic carbocycles. The number of hydrogen-bond donors (Lipinski definition) is 1. The van der Waals surface area contributed by atoms with E-state index in [4.69, 9.17) is 17.3 Å². The minimum atomic E-state index is 0.633. The molecule has 0 saturated carbocycles. The number of hydrogen-bond acceptors (Lipinski definition) is 2. The summed E-state index contributed by atoms with van der Waals surface area (Å²) in [6, 6.07) is 4.55. The summed E-state index contributed by atoms with van der Waals surface area (Å²) in [5, 5.41) is 0.657. The van der Waals surface area contributed by atoms with Gasteiger partial charge in [-0.05, 0) is 38.0 Å². The smallest absolute Gasteiger partial charge is 0.0656 e. The predicted molar refractivity (Wildman–Crippen MR) is 62.0 cm³/mol. The Labute approximate surface area is 89.7 Å². The largest absolute Gasteiger partial charge is 0.398 e. The zero-order valence-electron chi connectivity index (χ0n) is 8.55. The van der Waals surface area contributed by atoms with Crippen LogP contribution >= 0.6 is 11.6 Å². The molecule has 14 heavy (non-hydrogen) atoms. The molecule has 1 aromatic carbocycles. The first-order chi connectivity index (χ1) is 6.59. The van der Waals surface area contributed by atoms with Crippen molar-refractivity contribution in [1.29, 1.82) is 0 Å². The van der Waals surface area contributed by atoms with Gasteiger partial charge in [0.05, 0.1) is 10.7 Å². The maximum atomic E-state index is 6.01. The van der Waals surface area contributed by atoms with Crippen LogP contribution in [0.25, 0.3) is 0 Å². The number of nitrogen functional groups attached to an aromatic ring is 1. The third-order valence-electron chi connectivity index (χ3n) is 2.94. The van der Waals surface area contributed by atoms with Crippen molar-refractivity contribution >= 4 is 23.0 Å². The molecule has 1 aliphatic rings. The molecule has 1 atom stereocenters. The zero-order valence-corrected chi connectivity index (χ0v) is 9.30. The van der Waals surface area contributed by atoms with Gasteiger partial charge in [-0.15, -0.1) is 0 Å². The van der Waals surface area contributed by atoms with Crippen molar-refractivity contribution in [3.8, 4) is 0 Å². The average Bonchev–Trinajstić information content (AvgIpc) is 2.12. The monoisotopic (exact) mass is 210 g/mol. The van der Waals surface area contributed by atoms with Gasteiger partial charge in [-0.2, -0.15) is 0 Å². The van der Waals surface area contributed by atoms with Crippen LogP contribution in [0.3, 0.4) is 0 Å². The third-order valence-corrected chi connectivity index (χ3v) is 3.27. The second-order valence-corrected chi connectivity index (χ2v) is 4.40. The summed E-state index contributed by atoms with van der Waals surface area (Å²) in [5.41, 5.74) is 8.83. The van der Waals surface area contributed by atoms with Crippen molar-refractivity contribution in [2.24, 2.45) is 0 Å². The molecule has 1 fully saturated rings. The van der Waals surface area contributed by atoms with Crippen LogP contribution in [-0.2, 0) is 0 Å². The summed E-state index contributed by atoms with van der Waals surface area (Å²) >= 11 is 6.01. The lowest BCUT2D eigenvalue weighted by molar-refractivity contribution is 0.480. The molecule has 3 heteroatoms. The Hall–Kier alpha value is -0.890. The number of rotatable bonds is 1.